The van der Waals surface area contributed by atoms with Crippen molar-refractivity contribution in [3.63, 3.8) is 0 Å². The first-order valence-electron chi connectivity index (χ1n) is 9.73. The summed E-state index contributed by atoms with van der Waals surface area (Å²) in [5.74, 6) is -1.91. The number of carbonyl (C=O) groups is 2. The Morgan fingerprint density at radius 1 is 1.10 bits per heavy atom. The van der Waals surface area contributed by atoms with Gasteiger partial charge in [0, 0.05) is 11.3 Å². The average molecular weight is 409 g/mol. The van der Waals surface area contributed by atoms with Gasteiger partial charge in [0.25, 0.3) is 5.91 Å². The Morgan fingerprint density at radius 3 is 2.53 bits per heavy atom. The molecule has 0 spiro atoms. The van der Waals surface area contributed by atoms with Gasteiger partial charge in [-0.25, -0.2) is 4.79 Å². The molecule has 156 valence electrons. The highest BCUT2D eigenvalue weighted by Crippen LogP contribution is 2.14. The second-order valence-corrected chi connectivity index (χ2v) is 6.71. The molecule has 1 aromatic heterocycles. The second kappa shape index (κ2) is 10.2. The maximum absolute atomic E-state index is 12.0. The van der Waals surface area contributed by atoms with Crippen LogP contribution in [-0.4, -0.2) is 28.3 Å². The van der Waals surface area contributed by atoms with E-state index in [2.05, 4.69) is 17.3 Å². The summed E-state index contributed by atoms with van der Waals surface area (Å²) in [6.07, 6.45) is 3.23. The number of amides is 1. The first-order valence-corrected chi connectivity index (χ1v) is 9.73. The summed E-state index contributed by atoms with van der Waals surface area (Å²) < 4.78 is 10.8. The molecule has 0 aliphatic rings. The molecule has 1 N–H and O–H groups in total. The zero-order valence-electron chi connectivity index (χ0n) is 16.7. The van der Waals surface area contributed by atoms with E-state index < -0.39 is 30.8 Å². The van der Waals surface area contributed by atoms with Gasteiger partial charge in [-0.05, 0) is 42.7 Å². The van der Waals surface area contributed by atoms with E-state index in [4.69, 9.17) is 9.15 Å². The highest BCUT2D eigenvalue weighted by molar-refractivity contribution is 5.92. The summed E-state index contributed by atoms with van der Waals surface area (Å²) in [5.41, 5.74) is 2.44. The van der Waals surface area contributed by atoms with E-state index in [1.165, 1.54) is 5.56 Å². The van der Waals surface area contributed by atoms with Crippen molar-refractivity contribution >= 4 is 17.6 Å². The smallest absolute Gasteiger partial charge is 0.437 e. The lowest BCUT2D eigenvalue weighted by atomic mass is 10.1. The minimum Gasteiger partial charge on any atom is -0.454 e. The van der Waals surface area contributed by atoms with Crippen molar-refractivity contribution in [2.75, 3.05) is 11.9 Å². The molecule has 30 heavy (non-hydrogen) atoms. The third kappa shape index (κ3) is 5.91. The first-order chi connectivity index (χ1) is 14.5. The number of ether oxygens (including phenoxy) is 1. The second-order valence-electron chi connectivity index (χ2n) is 6.71. The van der Waals surface area contributed by atoms with Gasteiger partial charge < -0.3 is 14.5 Å². The van der Waals surface area contributed by atoms with E-state index in [0.717, 1.165) is 23.9 Å². The van der Waals surface area contributed by atoms with Crippen LogP contribution in [0.4, 0.5) is 5.69 Å². The van der Waals surface area contributed by atoms with Gasteiger partial charge in [0.15, 0.2) is 6.61 Å². The quantitative estimate of drug-likeness (QED) is 0.545. The van der Waals surface area contributed by atoms with Crippen LogP contribution in [0.1, 0.15) is 25.3 Å². The summed E-state index contributed by atoms with van der Waals surface area (Å²) in [5, 5.41) is 6.64. The zero-order chi connectivity index (χ0) is 21.3. The SMILES string of the molecule is CCCCc1ccc(NC(=O)COC(=O)Cn2nc(-c3ccccc3)oc2=O)cc1. The van der Waals surface area contributed by atoms with Crippen molar-refractivity contribution in [2.45, 2.75) is 32.7 Å². The lowest BCUT2D eigenvalue weighted by Crippen LogP contribution is -2.26. The molecule has 0 fully saturated rings. The predicted molar refractivity (Wildman–Crippen MR) is 111 cm³/mol. The average Bonchev–Trinajstić information content (AvgIpc) is 3.12. The maximum atomic E-state index is 12.0. The highest BCUT2D eigenvalue weighted by atomic mass is 16.5. The number of unbranched alkanes of at least 4 members (excludes halogenated alkanes) is 1. The molecule has 8 heteroatoms. The van der Waals surface area contributed by atoms with Crippen molar-refractivity contribution in [1.29, 1.82) is 0 Å². The standard InChI is InChI=1S/C22H23N3O5/c1-2-3-7-16-10-12-18(13-11-16)23-19(26)15-29-20(27)14-25-22(28)30-21(24-25)17-8-5-4-6-9-17/h4-6,8-13H,2-3,7,14-15H2,1H3,(H,23,26). The molecule has 0 aliphatic carbocycles. The number of rotatable bonds is 9. The third-order valence-electron chi connectivity index (χ3n) is 4.33. The monoisotopic (exact) mass is 409 g/mol. The Kier molecular flexibility index (Phi) is 7.15. The van der Waals surface area contributed by atoms with E-state index in [1.54, 1.807) is 24.3 Å². The van der Waals surface area contributed by atoms with Crippen LogP contribution in [0.25, 0.3) is 11.5 Å². The fraction of sp³-hybridized carbons (Fsp3) is 0.273. The molecule has 1 heterocycles. The van der Waals surface area contributed by atoms with Gasteiger partial charge in [-0.3, -0.25) is 9.59 Å². The van der Waals surface area contributed by atoms with Gasteiger partial charge >= 0.3 is 11.7 Å². The molecule has 0 aliphatic heterocycles. The molecule has 0 atom stereocenters. The highest BCUT2D eigenvalue weighted by Gasteiger charge is 2.15. The lowest BCUT2D eigenvalue weighted by molar-refractivity contribution is -0.148. The number of nitrogens with zero attached hydrogens (tertiary/aromatic N) is 2. The number of esters is 1. The van der Waals surface area contributed by atoms with Gasteiger partial charge in [-0.15, -0.1) is 5.10 Å². The fourth-order valence-electron chi connectivity index (χ4n) is 2.75. The molecular weight excluding hydrogens is 386 g/mol. The minimum atomic E-state index is -0.779. The van der Waals surface area contributed by atoms with E-state index in [1.807, 2.05) is 30.3 Å². The van der Waals surface area contributed by atoms with Crippen molar-refractivity contribution < 1.29 is 18.7 Å². The summed E-state index contributed by atoms with van der Waals surface area (Å²) in [7, 11) is 0. The van der Waals surface area contributed by atoms with Crippen LogP contribution < -0.4 is 11.1 Å². The molecule has 0 saturated carbocycles. The number of benzene rings is 2. The van der Waals surface area contributed by atoms with Crippen molar-refractivity contribution in [1.82, 2.24) is 9.78 Å². The topological polar surface area (TPSA) is 103 Å². The molecule has 0 unspecified atom stereocenters. The lowest BCUT2D eigenvalue weighted by Gasteiger charge is -2.07. The number of aryl methyl sites for hydroxylation is 1. The Balaban J connectivity index is 1.48. The number of anilines is 1. The largest absolute Gasteiger partial charge is 0.454 e. The maximum Gasteiger partial charge on any atom is 0.437 e. The summed E-state index contributed by atoms with van der Waals surface area (Å²) in [4.78, 5) is 35.8. The van der Waals surface area contributed by atoms with E-state index in [9.17, 15) is 14.4 Å². The van der Waals surface area contributed by atoms with Gasteiger partial charge in [-0.1, -0.05) is 43.7 Å². The number of hydrogen-bond donors (Lipinski definition) is 1. The summed E-state index contributed by atoms with van der Waals surface area (Å²) >= 11 is 0. The van der Waals surface area contributed by atoms with E-state index in [-0.39, 0.29) is 5.89 Å². The van der Waals surface area contributed by atoms with Crippen LogP contribution in [0.15, 0.2) is 63.8 Å². The molecule has 0 saturated heterocycles. The predicted octanol–water partition coefficient (Wildman–Crippen LogP) is 3.03. The van der Waals surface area contributed by atoms with Crippen LogP contribution in [0.3, 0.4) is 0 Å². The first kappa shape index (κ1) is 21.0. The van der Waals surface area contributed by atoms with Crippen molar-refractivity contribution in [2.24, 2.45) is 0 Å². The third-order valence-corrected chi connectivity index (χ3v) is 4.33. The Morgan fingerprint density at radius 2 is 1.83 bits per heavy atom. The number of aromatic nitrogens is 2. The molecule has 3 aromatic rings. The molecule has 3 rings (SSSR count). The zero-order valence-corrected chi connectivity index (χ0v) is 16.7. The van der Waals surface area contributed by atoms with E-state index >= 15 is 0 Å². The van der Waals surface area contributed by atoms with Crippen LogP contribution >= 0.6 is 0 Å². The van der Waals surface area contributed by atoms with Gasteiger partial charge in [0.05, 0.1) is 0 Å². The number of nitrogens with one attached hydrogen (secondary N) is 1. The Bertz CT molecular complexity index is 1040. The van der Waals surface area contributed by atoms with Crippen molar-refractivity contribution in [3.8, 4) is 11.5 Å². The van der Waals surface area contributed by atoms with Crippen molar-refractivity contribution in [3.05, 3.63) is 70.7 Å². The van der Waals surface area contributed by atoms with Gasteiger partial charge in [0.2, 0.25) is 5.89 Å². The molecule has 0 radical (unpaired) electrons. The Labute approximate surface area is 173 Å². The molecule has 8 nitrogen and oxygen atoms in total. The van der Waals surface area contributed by atoms with Crippen LogP contribution in [-0.2, 0) is 27.3 Å². The molecule has 2 aromatic carbocycles. The summed E-state index contributed by atoms with van der Waals surface area (Å²) in [6, 6.07) is 16.4. The normalized spacial score (nSPS) is 10.6. The Hall–Kier alpha value is -3.68. The minimum absolute atomic E-state index is 0.105. The van der Waals surface area contributed by atoms with Crippen LogP contribution in [0.5, 0.6) is 0 Å². The number of hydrogen-bond acceptors (Lipinski definition) is 6. The van der Waals surface area contributed by atoms with Gasteiger partial charge in [0.1, 0.15) is 6.54 Å². The molecule has 0 bridgehead atoms. The molecular formula is C22H23N3O5. The van der Waals surface area contributed by atoms with Crippen LogP contribution in [0, 0.1) is 0 Å². The number of carbonyl (C=O) groups excluding carboxylic acids is 2. The fourth-order valence-corrected chi connectivity index (χ4v) is 2.75. The van der Waals surface area contributed by atoms with Gasteiger partial charge in [-0.2, -0.15) is 4.68 Å². The van der Waals surface area contributed by atoms with E-state index in [0.29, 0.717) is 11.3 Å². The summed E-state index contributed by atoms with van der Waals surface area (Å²) in [6.45, 7) is 1.22. The van der Waals surface area contributed by atoms with Crippen LogP contribution in [0.2, 0.25) is 0 Å². The molecule has 1 amide bonds.